The average Bonchev–Trinajstić information content (AvgIpc) is 3.05. The van der Waals surface area contributed by atoms with Gasteiger partial charge in [0.15, 0.2) is 0 Å². The highest BCUT2D eigenvalue weighted by Gasteiger charge is 2.56. The molecule has 0 bridgehead atoms. The van der Waals surface area contributed by atoms with Crippen LogP contribution in [0.1, 0.15) is 10.4 Å². The number of carbonyl (C=O) groups is 1. The molecule has 1 aliphatic carbocycles. The van der Waals surface area contributed by atoms with Crippen molar-refractivity contribution in [2.75, 3.05) is 33.7 Å². The third-order valence-corrected chi connectivity index (χ3v) is 5.57. The van der Waals surface area contributed by atoms with Crippen molar-refractivity contribution in [3.63, 3.8) is 0 Å². The zero-order valence-corrected chi connectivity index (χ0v) is 14.7. The number of hydrogen-bond acceptors (Lipinski definition) is 3. The first kappa shape index (κ1) is 16.2. The molecule has 0 spiro atoms. The van der Waals surface area contributed by atoms with Gasteiger partial charge in [-0.15, -0.1) is 0 Å². The lowest BCUT2D eigenvalue weighted by Gasteiger charge is -2.21. The van der Waals surface area contributed by atoms with Crippen LogP contribution in [0, 0.1) is 17.8 Å². The molecule has 4 nitrogen and oxygen atoms in total. The Labute approximate surface area is 148 Å². The van der Waals surface area contributed by atoms with Crippen molar-refractivity contribution in [1.29, 1.82) is 0 Å². The van der Waals surface area contributed by atoms with Crippen molar-refractivity contribution in [2.24, 2.45) is 17.8 Å². The number of likely N-dealkylation sites (tertiary alicyclic amines) is 1. The van der Waals surface area contributed by atoms with E-state index in [2.05, 4.69) is 19.0 Å². The van der Waals surface area contributed by atoms with E-state index in [4.69, 9.17) is 0 Å². The summed E-state index contributed by atoms with van der Waals surface area (Å²) in [6, 6.07) is 14.9. The highest BCUT2D eigenvalue weighted by atomic mass is 16.3. The smallest absolute Gasteiger partial charge is 0.253 e. The lowest BCUT2D eigenvalue weighted by atomic mass is 10.0. The van der Waals surface area contributed by atoms with E-state index in [1.165, 1.54) is 0 Å². The van der Waals surface area contributed by atoms with E-state index in [9.17, 15) is 9.90 Å². The van der Waals surface area contributed by atoms with Gasteiger partial charge in [-0.05, 0) is 67.2 Å². The Balaban J connectivity index is 1.40. The third-order valence-electron chi connectivity index (χ3n) is 5.57. The quantitative estimate of drug-likeness (QED) is 0.934. The molecule has 1 unspecified atom stereocenters. The molecule has 1 N–H and O–H groups in total. The van der Waals surface area contributed by atoms with E-state index in [1.54, 1.807) is 12.1 Å². The number of rotatable bonds is 4. The number of hydrogen-bond donors (Lipinski definition) is 1. The summed E-state index contributed by atoms with van der Waals surface area (Å²) in [5.41, 5.74) is 2.84. The molecule has 3 atom stereocenters. The Bertz CT molecular complexity index is 755. The summed E-state index contributed by atoms with van der Waals surface area (Å²) in [5, 5.41) is 9.38. The number of piperidine rings is 1. The maximum Gasteiger partial charge on any atom is 0.253 e. The SMILES string of the molecule is CN(C)CC1[C@H]2CN(C(=O)c3ccc(-c4ccc(O)cc4)cc3)C[C@@H]12. The zero-order chi connectivity index (χ0) is 17.6. The lowest BCUT2D eigenvalue weighted by molar-refractivity contribution is 0.0765. The van der Waals surface area contributed by atoms with Gasteiger partial charge in [0.25, 0.3) is 5.91 Å². The Kier molecular flexibility index (Phi) is 4.00. The summed E-state index contributed by atoms with van der Waals surface area (Å²) in [4.78, 5) is 17.0. The van der Waals surface area contributed by atoms with E-state index in [1.807, 2.05) is 41.3 Å². The zero-order valence-electron chi connectivity index (χ0n) is 14.7. The molecule has 1 heterocycles. The molecular weight excluding hydrogens is 312 g/mol. The summed E-state index contributed by atoms with van der Waals surface area (Å²) in [7, 11) is 4.24. The van der Waals surface area contributed by atoms with E-state index in [0.29, 0.717) is 11.8 Å². The fourth-order valence-corrected chi connectivity index (χ4v) is 4.15. The largest absolute Gasteiger partial charge is 0.508 e. The molecule has 4 rings (SSSR count). The Morgan fingerprint density at radius 1 is 1.00 bits per heavy atom. The van der Waals surface area contributed by atoms with Crippen LogP contribution in [0.2, 0.25) is 0 Å². The number of amides is 1. The molecule has 0 radical (unpaired) electrons. The number of benzene rings is 2. The molecule has 2 aliphatic rings. The molecule has 130 valence electrons. The van der Waals surface area contributed by atoms with Crippen LogP contribution < -0.4 is 0 Å². The van der Waals surface area contributed by atoms with Gasteiger partial charge in [-0.2, -0.15) is 0 Å². The first-order valence-corrected chi connectivity index (χ1v) is 8.86. The number of nitrogens with zero attached hydrogens (tertiary/aromatic N) is 2. The fourth-order valence-electron chi connectivity index (χ4n) is 4.15. The van der Waals surface area contributed by atoms with Crippen molar-refractivity contribution in [1.82, 2.24) is 9.80 Å². The number of aromatic hydroxyl groups is 1. The van der Waals surface area contributed by atoms with Gasteiger partial charge >= 0.3 is 0 Å². The Morgan fingerprint density at radius 3 is 2.04 bits per heavy atom. The second-order valence-corrected chi connectivity index (χ2v) is 7.59. The maximum atomic E-state index is 12.7. The normalized spacial score (nSPS) is 24.4. The van der Waals surface area contributed by atoms with Gasteiger partial charge in [-0.25, -0.2) is 0 Å². The number of carbonyl (C=O) groups excluding carboxylic acids is 1. The summed E-state index contributed by atoms with van der Waals surface area (Å²) >= 11 is 0. The van der Waals surface area contributed by atoms with Crippen molar-refractivity contribution in [2.45, 2.75) is 0 Å². The molecule has 0 aromatic heterocycles. The highest BCUT2D eigenvalue weighted by Crippen LogP contribution is 2.52. The van der Waals surface area contributed by atoms with Crippen molar-refractivity contribution in [3.8, 4) is 16.9 Å². The van der Waals surface area contributed by atoms with Gasteiger partial charge in [0.2, 0.25) is 0 Å². The van der Waals surface area contributed by atoms with Crippen LogP contribution >= 0.6 is 0 Å². The first-order chi connectivity index (χ1) is 12.0. The molecule has 1 saturated heterocycles. The maximum absolute atomic E-state index is 12.7. The fraction of sp³-hybridized carbons (Fsp3) is 0.381. The van der Waals surface area contributed by atoms with Crippen LogP contribution in [0.25, 0.3) is 11.1 Å². The second-order valence-electron chi connectivity index (χ2n) is 7.59. The van der Waals surface area contributed by atoms with E-state index >= 15 is 0 Å². The number of phenols is 1. The van der Waals surface area contributed by atoms with E-state index in [0.717, 1.165) is 42.2 Å². The minimum absolute atomic E-state index is 0.146. The minimum Gasteiger partial charge on any atom is -0.508 e. The van der Waals surface area contributed by atoms with Gasteiger partial charge < -0.3 is 14.9 Å². The van der Waals surface area contributed by atoms with Crippen LogP contribution in [-0.4, -0.2) is 54.5 Å². The Morgan fingerprint density at radius 2 is 1.52 bits per heavy atom. The minimum atomic E-state index is 0.146. The Hall–Kier alpha value is -2.33. The van der Waals surface area contributed by atoms with E-state index < -0.39 is 0 Å². The van der Waals surface area contributed by atoms with Crippen LogP contribution in [0.5, 0.6) is 5.75 Å². The van der Waals surface area contributed by atoms with Gasteiger partial charge in [0, 0.05) is 25.2 Å². The monoisotopic (exact) mass is 336 g/mol. The highest BCUT2D eigenvalue weighted by molar-refractivity contribution is 5.95. The summed E-state index contributed by atoms with van der Waals surface area (Å²) in [5.74, 6) is 2.57. The van der Waals surface area contributed by atoms with Gasteiger partial charge in [-0.1, -0.05) is 24.3 Å². The molecular formula is C21H24N2O2. The third kappa shape index (κ3) is 3.14. The molecule has 1 amide bonds. The summed E-state index contributed by atoms with van der Waals surface area (Å²) < 4.78 is 0. The van der Waals surface area contributed by atoms with Crippen molar-refractivity contribution in [3.05, 3.63) is 54.1 Å². The first-order valence-electron chi connectivity index (χ1n) is 8.86. The number of fused-ring (bicyclic) bond motifs is 1. The van der Waals surface area contributed by atoms with Gasteiger partial charge in [0.1, 0.15) is 5.75 Å². The lowest BCUT2D eigenvalue weighted by Crippen LogP contribution is -2.33. The van der Waals surface area contributed by atoms with Crippen LogP contribution in [0.3, 0.4) is 0 Å². The van der Waals surface area contributed by atoms with Crippen LogP contribution in [-0.2, 0) is 0 Å². The molecule has 2 aromatic rings. The van der Waals surface area contributed by atoms with Crippen molar-refractivity contribution < 1.29 is 9.90 Å². The molecule has 1 saturated carbocycles. The van der Waals surface area contributed by atoms with Gasteiger partial charge in [-0.3, -0.25) is 4.79 Å². The molecule has 4 heteroatoms. The molecule has 2 aromatic carbocycles. The summed E-state index contributed by atoms with van der Waals surface area (Å²) in [6.07, 6.45) is 0. The van der Waals surface area contributed by atoms with Crippen molar-refractivity contribution >= 4 is 5.91 Å². The molecule has 2 fully saturated rings. The average molecular weight is 336 g/mol. The predicted molar refractivity (Wildman–Crippen MR) is 98.5 cm³/mol. The van der Waals surface area contributed by atoms with Gasteiger partial charge in [0.05, 0.1) is 0 Å². The van der Waals surface area contributed by atoms with Crippen LogP contribution in [0.4, 0.5) is 0 Å². The number of phenolic OH excluding ortho intramolecular Hbond substituents is 1. The van der Waals surface area contributed by atoms with E-state index in [-0.39, 0.29) is 11.7 Å². The second kappa shape index (κ2) is 6.19. The standard InChI is InChI=1S/C21H24N2O2/c1-22(2)11-18-19-12-23(13-20(18)19)21(25)16-5-3-14(4-6-16)15-7-9-17(24)10-8-15/h3-10,18-20,24H,11-13H2,1-2H3/t18?,19-,20+. The van der Waals surface area contributed by atoms with Crippen LogP contribution in [0.15, 0.2) is 48.5 Å². The molecule has 25 heavy (non-hydrogen) atoms. The predicted octanol–water partition coefficient (Wildman–Crippen LogP) is 2.94. The topological polar surface area (TPSA) is 43.8 Å². The summed E-state index contributed by atoms with van der Waals surface area (Å²) in [6.45, 7) is 2.95. The molecule has 1 aliphatic heterocycles.